The molecule has 18 fully saturated rings. The van der Waals surface area contributed by atoms with Crippen molar-refractivity contribution in [2.75, 3.05) is 23.9 Å². The highest BCUT2D eigenvalue weighted by atomic mass is 79.9. The van der Waals surface area contributed by atoms with Crippen LogP contribution in [0.15, 0.2) is 116 Å². The summed E-state index contributed by atoms with van der Waals surface area (Å²) in [6.45, 7) is 54.2. The Balaban J connectivity index is 0.000000112. The van der Waals surface area contributed by atoms with Gasteiger partial charge in [0.05, 0.1) is 64.3 Å². The number of hydrogen-bond acceptors (Lipinski definition) is 10. The van der Waals surface area contributed by atoms with Crippen molar-refractivity contribution in [3.8, 4) is 0 Å². The van der Waals surface area contributed by atoms with Crippen molar-refractivity contribution >= 4 is 43.4 Å². The van der Waals surface area contributed by atoms with Gasteiger partial charge >= 0.3 is 0 Å². The Hall–Kier alpha value is -2.83. The largest absolute Gasteiger partial charge is 0.392 e. The molecule has 828 valence electrons. The third-order valence-electron chi connectivity index (χ3n) is 51.4. The van der Waals surface area contributed by atoms with E-state index in [0.29, 0.717) is 167 Å². The maximum absolute atomic E-state index is 15.1. The maximum Gasteiger partial charge on any atom is 0.133 e. The monoisotopic (exact) mass is 2170 g/mol. The third-order valence-corrected chi connectivity index (χ3v) is 52.8. The summed E-state index contributed by atoms with van der Waals surface area (Å²) in [5, 5.41) is 84.0. The number of alkyl halides is 2. The van der Waals surface area contributed by atoms with E-state index in [0.717, 1.165) is 238 Å². The summed E-state index contributed by atoms with van der Waals surface area (Å²) >= 11 is 7.28. The number of allylic oxidation sites excluding steroid dienone is 8. The molecule has 18 saturated carbocycles. The van der Waals surface area contributed by atoms with E-state index in [2.05, 4.69) is 120 Å². The van der Waals surface area contributed by atoms with Gasteiger partial charge in [0.25, 0.3) is 0 Å². The Kier molecular flexibility index (Phi) is 32.2. The maximum atomic E-state index is 15.1. The Morgan fingerprint density at radius 2 is 0.432 bits per heavy atom. The summed E-state index contributed by atoms with van der Waals surface area (Å²) in [5.74, 6) is 19.3. The predicted molar refractivity (Wildman–Crippen MR) is 601 cm³/mol. The Morgan fingerprint density at radius 3 is 0.628 bits per heavy atom. The van der Waals surface area contributed by atoms with Gasteiger partial charge in [-0.3, -0.25) is 9.59 Å². The van der Waals surface area contributed by atoms with E-state index in [1.807, 2.05) is 48.5 Å². The van der Waals surface area contributed by atoms with Gasteiger partial charge in [-0.25, -0.2) is 13.2 Å². The highest BCUT2D eigenvalue weighted by molar-refractivity contribution is 9.09. The molecule has 0 aromatic rings. The summed E-state index contributed by atoms with van der Waals surface area (Å²) in [7, 11) is 0. The molecule has 24 aliphatic carbocycles. The molecule has 0 aromatic carbocycles. The molecule has 15 heteroatoms. The van der Waals surface area contributed by atoms with Crippen LogP contribution in [0, 0.1) is 210 Å². The van der Waals surface area contributed by atoms with E-state index < -0.39 is 33.6 Å². The molecule has 148 heavy (non-hydrogen) atoms. The summed E-state index contributed by atoms with van der Waals surface area (Å²) in [4.78, 5) is 24.3. The Labute approximate surface area is 910 Å². The lowest BCUT2D eigenvalue weighted by Crippen LogP contribution is -2.48. The van der Waals surface area contributed by atoms with Crippen LogP contribution in [0.3, 0.4) is 0 Å². The minimum Gasteiger partial charge on any atom is -0.392 e. The van der Waals surface area contributed by atoms with E-state index >= 15 is 8.78 Å². The first-order chi connectivity index (χ1) is 69.5. The van der Waals surface area contributed by atoms with E-state index in [1.54, 1.807) is 40.4 Å². The molecule has 0 spiro atoms. The van der Waals surface area contributed by atoms with Gasteiger partial charge in [0.2, 0.25) is 0 Å². The second kappa shape index (κ2) is 42.0. The number of carbonyl (C=O) groups excluding carboxylic acids is 2. The van der Waals surface area contributed by atoms with Gasteiger partial charge in [0.15, 0.2) is 0 Å². The van der Waals surface area contributed by atoms with Crippen molar-refractivity contribution in [2.24, 2.45) is 210 Å². The minimum absolute atomic E-state index is 0.0664. The Morgan fingerprint density at radius 1 is 0.257 bits per heavy atom. The molecule has 0 bridgehead atoms. The van der Waals surface area contributed by atoms with Crippen LogP contribution in [0.5, 0.6) is 0 Å². The zero-order valence-corrected chi connectivity index (χ0v) is 98.4. The molecule has 0 aromatic heterocycles. The summed E-state index contributed by atoms with van der Waals surface area (Å²) in [5.41, 5.74) is 15.3. The number of aliphatic hydroxyl groups excluding tert-OH is 2. The second-order valence-corrected chi connectivity index (χ2v) is 61.1. The molecule has 42 atom stereocenters. The standard InChI is InChI=1S/C23H35BrO.C23H36O2.C22H32BrFO.C22H33FO2.C22H34O2.C21H31FO2/c2*1-14-11-18-16(17-7-9-22(3,25)12-19(14)17)8-10-23(4)20(15(2)13-24)5-6-21(18)23;1-13(12-23)18-4-5-19-16-10-20(24)17-11-21(2,25)8-6-15(17)14(16)7-9-22(18,19)3;1-13(12-24)18-4-5-19-16-10-20(23)17-11-21(2,25)8-6-15(17)14(16)7-9-22(18,19)3;1-13-11-17-15(16-7-9-21(3,24)12-18(13)16)8-10-22(4)19(14(2)23)5-6-20(17)22;1-12(23)17-4-5-18-15-10-19(22)16-11-20(2,24)8-6-14(16)13(15)7-9-21(17,18)3/h16-18,20-21,25H,2,5-13H2,1,3-4H3;16-18,20-21,24-25H,2,5-13H2,1,3-4H3;14-16,18-19,25H,1,4-12H2,2-3H3;14-16,18-19,24-25H,1,4-12H2,2-3H3;15-17,19-20,24H,5-12H2,1-4H3;13-15,17-18,24H,4-11H2,1-3H3/t2*16-,17-,18-,20-,21+,22+,23-;2*14-,15-,16-,18-,19+,21+,22-;15-,16-,17-,19-,20+,21+,22-;13-,14-,15-,17-,18+,20+,21-/m111111/s1. The van der Waals surface area contributed by atoms with Crippen LogP contribution in [0.2, 0.25) is 0 Å². The number of ketones is 2. The molecule has 0 aliphatic heterocycles. The van der Waals surface area contributed by atoms with Crippen LogP contribution in [-0.2, 0) is 9.59 Å². The molecular formula is C133H201Br2F3O10. The Bertz CT molecular complexity index is 4710. The van der Waals surface area contributed by atoms with Crippen molar-refractivity contribution in [2.45, 2.75) is 460 Å². The van der Waals surface area contributed by atoms with Gasteiger partial charge in [-0.1, -0.05) is 144 Å². The average Bonchev–Trinajstić information content (AvgIpc) is 1.49. The normalized spacial score (nSPS) is 49.9. The van der Waals surface area contributed by atoms with Crippen LogP contribution < -0.4 is 0 Å². The van der Waals surface area contributed by atoms with Crippen LogP contribution in [0.4, 0.5) is 13.2 Å². The van der Waals surface area contributed by atoms with E-state index in [9.17, 15) is 54.8 Å². The van der Waals surface area contributed by atoms with E-state index in [1.165, 1.54) is 152 Å². The van der Waals surface area contributed by atoms with E-state index in [4.69, 9.17) is 0 Å². The molecule has 0 heterocycles. The van der Waals surface area contributed by atoms with Crippen LogP contribution in [0.1, 0.15) is 426 Å². The SMILES string of the molecule is C=C(CBr)[C@H]1CC[C@H]2[C@@H]3CC(C)=C4C[C@@](C)(O)CC[C@@H]4[C@H]3CC[C@]12C.C=C(CBr)[C@H]1CC[C@H]2[C@@H]3CC(F)=C4C[C@@](C)(O)CC[C@@H]4[C@H]3CC[C@]12C.C=C(CO)[C@H]1CC[C@H]2[C@@H]3CC(C)=C4C[C@@](C)(O)CC[C@@H]4[C@H]3CC[C@]12C.C=C(CO)[C@H]1CC[C@H]2[C@@H]3CC(F)=C4C[C@@](C)(O)CC[C@@H]4[C@H]3CC[C@]12C.CC(=O)[C@H]1CC[C@H]2[C@@H]3CC(C)=C4C[C@@](C)(O)CC[C@@H]4[C@H]3CC[C@]12C.CC(=O)[C@H]1CC[C@H]2[C@@H]3CC(F)=C4C[C@@](C)(O)CC[C@@H]4[C@H]3CC[C@]12C. The number of aliphatic hydroxyl groups is 8. The van der Waals surface area contributed by atoms with Gasteiger partial charge in [-0.2, -0.15) is 0 Å². The average molecular weight is 2180 g/mol. The smallest absolute Gasteiger partial charge is 0.133 e. The number of carbonyl (C=O) groups is 2. The molecule has 8 N–H and O–H groups in total. The topological polar surface area (TPSA) is 196 Å². The lowest BCUT2D eigenvalue weighted by molar-refractivity contribution is -0.127. The molecule has 0 radical (unpaired) electrons. The summed E-state index contributed by atoms with van der Waals surface area (Å²) in [6, 6.07) is 0. The van der Waals surface area contributed by atoms with Crippen molar-refractivity contribution in [3.63, 3.8) is 0 Å². The van der Waals surface area contributed by atoms with Gasteiger partial charge in [-0.15, -0.1) is 0 Å². The number of hydrogen-bond donors (Lipinski definition) is 8. The van der Waals surface area contributed by atoms with E-state index in [-0.39, 0.29) is 52.9 Å². The molecule has 24 aliphatic rings. The van der Waals surface area contributed by atoms with Crippen LogP contribution in [0.25, 0.3) is 0 Å². The van der Waals surface area contributed by atoms with Gasteiger partial charge < -0.3 is 40.9 Å². The number of rotatable bonds is 10. The zero-order valence-electron chi connectivity index (χ0n) is 95.2. The highest BCUT2D eigenvalue weighted by Crippen LogP contribution is 2.74. The molecule has 10 nitrogen and oxygen atoms in total. The number of Topliss-reactive ketones (excluding diaryl/α,β-unsaturated/α-hetero) is 2. The van der Waals surface area contributed by atoms with Crippen LogP contribution in [-0.4, -0.2) is 110 Å². The van der Waals surface area contributed by atoms with Gasteiger partial charge in [-0.05, 0) is 591 Å². The van der Waals surface area contributed by atoms with Crippen molar-refractivity contribution in [3.05, 3.63) is 116 Å². The summed E-state index contributed by atoms with van der Waals surface area (Å²) in [6.07, 6.45) is 51.0. The first kappa shape index (κ1) is 113. The molecule has 0 unspecified atom stereocenters. The number of fused-ring (bicyclic) bond motifs is 30. The fourth-order valence-electron chi connectivity index (χ4n) is 44.3. The van der Waals surface area contributed by atoms with Crippen LogP contribution >= 0.6 is 31.9 Å². The molecular weight excluding hydrogens is 1970 g/mol. The fraction of sp³-hybridized carbons (Fsp3) is 0.835. The first-order valence-corrected chi connectivity index (χ1v) is 63.3. The lowest BCUT2D eigenvalue weighted by atomic mass is 9.50. The second-order valence-electron chi connectivity index (χ2n) is 59.9. The zero-order chi connectivity index (χ0) is 106. The first-order valence-electron chi connectivity index (χ1n) is 61.1. The third kappa shape index (κ3) is 20.3. The minimum atomic E-state index is -0.730. The molecule has 0 saturated heterocycles. The highest BCUT2D eigenvalue weighted by Gasteiger charge is 2.67. The summed E-state index contributed by atoms with van der Waals surface area (Å²) < 4.78 is 45.1. The number of halogens is 5. The van der Waals surface area contributed by atoms with Crippen molar-refractivity contribution < 1.29 is 63.6 Å². The molecule has 0 amide bonds. The van der Waals surface area contributed by atoms with Gasteiger partial charge in [0, 0.05) is 41.8 Å². The predicted octanol–water partition coefficient (Wildman–Crippen LogP) is 31.8. The van der Waals surface area contributed by atoms with Gasteiger partial charge in [0.1, 0.15) is 11.6 Å². The van der Waals surface area contributed by atoms with Crippen molar-refractivity contribution in [1.29, 1.82) is 0 Å². The fourth-order valence-corrected chi connectivity index (χ4v) is 45.1. The molecule has 24 rings (SSSR count). The lowest BCUT2D eigenvalue weighted by Gasteiger charge is -2.55. The quantitative estimate of drug-likeness (QED) is 0.0770. The van der Waals surface area contributed by atoms with Crippen molar-refractivity contribution in [1.82, 2.24) is 0 Å².